The van der Waals surface area contributed by atoms with Crippen LogP contribution in [0.3, 0.4) is 0 Å². The highest BCUT2D eigenvalue weighted by atomic mass is 16.6. The SMILES string of the molecule is CC(C)(C)OC(=O)Nc1ccc2c(c1)C(C)(C)CC2=O. The second-order valence-electron chi connectivity index (χ2n) is 6.87. The smallest absolute Gasteiger partial charge is 0.412 e. The predicted octanol–water partition coefficient (Wildman–Crippen LogP) is 3.90. The fourth-order valence-electron chi connectivity index (χ4n) is 2.44. The van der Waals surface area contributed by atoms with Crippen LogP contribution < -0.4 is 5.32 Å². The number of amides is 1. The van der Waals surface area contributed by atoms with E-state index in [0.717, 1.165) is 11.1 Å². The lowest BCUT2D eigenvalue weighted by Gasteiger charge is -2.21. The van der Waals surface area contributed by atoms with Crippen LogP contribution in [0.1, 0.15) is 57.0 Å². The number of carbonyl (C=O) groups is 2. The Hall–Kier alpha value is -1.84. The van der Waals surface area contributed by atoms with Crippen LogP contribution in [-0.2, 0) is 10.2 Å². The number of carbonyl (C=O) groups excluding carboxylic acids is 2. The van der Waals surface area contributed by atoms with E-state index in [1.165, 1.54) is 0 Å². The van der Waals surface area contributed by atoms with Gasteiger partial charge in [0.2, 0.25) is 0 Å². The number of hydrogen-bond donors (Lipinski definition) is 1. The molecule has 108 valence electrons. The Kier molecular flexibility index (Phi) is 3.36. The summed E-state index contributed by atoms with van der Waals surface area (Å²) in [5, 5.41) is 2.71. The minimum absolute atomic E-state index is 0.161. The average molecular weight is 275 g/mol. The van der Waals surface area contributed by atoms with Crippen molar-refractivity contribution >= 4 is 17.6 Å². The second-order valence-corrected chi connectivity index (χ2v) is 6.87. The molecule has 0 heterocycles. The molecule has 0 unspecified atom stereocenters. The summed E-state index contributed by atoms with van der Waals surface area (Å²) >= 11 is 0. The van der Waals surface area contributed by atoms with Gasteiger partial charge in [0.15, 0.2) is 5.78 Å². The lowest BCUT2D eigenvalue weighted by atomic mass is 9.86. The topological polar surface area (TPSA) is 55.4 Å². The Morgan fingerprint density at radius 2 is 1.95 bits per heavy atom. The number of benzene rings is 1. The summed E-state index contributed by atoms with van der Waals surface area (Å²) in [4.78, 5) is 23.6. The van der Waals surface area contributed by atoms with E-state index in [1.54, 1.807) is 12.1 Å². The standard InChI is InChI=1S/C16H21NO3/c1-15(2,3)20-14(19)17-10-6-7-11-12(8-10)16(4,5)9-13(11)18/h6-8H,9H2,1-5H3,(H,17,19). The molecule has 4 heteroatoms. The maximum Gasteiger partial charge on any atom is 0.412 e. The molecule has 0 aliphatic heterocycles. The van der Waals surface area contributed by atoms with Gasteiger partial charge in [-0.05, 0) is 49.9 Å². The van der Waals surface area contributed by atoms with Crippen molar-refractivity contribution in [2.75, 3.05) is 5.32 Å². The summed E-state index contributed by atoms with van der Waals surface area (Å²) in [6.07, 6.45) is 0.0256. The van der Waals surface area contributed by atoms with Gasteiger partial charge in [-0.1, -0.05) is 13.8 Å². The first-order valence-electron chi connectivity index (χ1n) is 6.76. The zero-order valence-electron chi connectivity index (χ0n) is 12.7. The summed E-state index contributed by atoms with van der Waals surface area (Å²) in [5.74, 6) is 0.161. The minimum Gasteiger partial charge on any atom is -0.444 e. The van der Waals surface area contributed by atoms with Crippen LogP contribution in [0.5, 0.6) is 0 Å². The molecule has 4 nitrogen and oxygen atoms in total. The van der Waals surface area contributed by atoms with E-state index in [0.29, 0.717) is 12.1 Å². The monoisotopic (exact) mass is 275 g/mol. The highest BCUT2D eigenvalue weighted by Gasteiger charge is 2.35. The van der Waals surface area contributed by atoms with E-state index in [9.17, 15) is 9.59 Å². The number of anilines is 1. The molecule has 1 N–H and O–H groups in total. The molecule has 0 bridgehead atoms. The molecule has 1 aliphatic rings. The zero-order chi connectivity index (χ0) is 15.1. The number of fused-ring (bicyclic) bond motifs is 1. The van der Waals surface area contributed by atoms with Crippen molar-refractivity contribution in [1.29, 1.82) is 0 Å². The number of ketones is 1. The van der Waals surface area contributed by atoms with Gasteiger partial charge in [-0.3, -0.25) is 10.1 Å². The predicted molar refractivity (Wildman–Crippen MR) is 78.3 cm³/mol. The molecule has 1 amide bonds. The molecule has 0 saturated carbocycles. The Morgan fingerprint density at radius 1 is 1.30 bits per heavy atom. The number of ether oxygens (including phenoxy) is 1. The van der Waals surface area contributed by atoms with E-state index in [1.807, 2.05) is 40.7 Å². The van der Waals surface area contributed by atoms with Gasteiger partial charge in [0.1, 0.15) is 5.60 Å². The molecule has 0 saturated heterocycles. The van der Waals surface area contributed by atoms with Crippen molar-refractivity contribution in [3.8, 4) is 0 Å². The quantitative estimate of drug-likeness (QED) is 0.845. The highest BCUT2D eigenvalue weighted by molar-refractivity contribution is 6.02. The highest BCUT2D eigenvalue weighted by Crippen LogP contribution is 2.39. The van der Waals surface area contributed by atoms with Crippen molar-refractivity contribution < 1.29 is 14.3 Å². The van der Waals surface area contributed by atoms with Crippen LogP contribution in [0.25, 0.3) is 0 Å². The first-order valence-corrected chi connectivity index (χ1v) is 6.76. The Balaban J connectivity index is 2.21. The maximum absolute atomic E-state index is 11.9. The third-order valence-electron chi connectivity index (χ3n) is 3.30. The van der Waals surface area contributed by atoms with E-state index in [2.05, 4.69) is 5.32 Å². The van der Waals surface area contributed by atoms with Crippen molar-refractivity contribution in [3.05, 3.63) is 29.3 Å². The lowest BCUT2D eigenvalue weighted by Crippen LogP contribution is -2.27. The van der Waals surface area contributed by atoms with Gasteiger partial charge in [-0.25, -0.2) is 4.79 Å². The summed E-state index contributed by atoms with van der Waals surface area (Å²) in [6, 6.07) is 5.38. The molecule has 20 heavy (non-hydrogen) atoms. The number of rotatable bonds is 1. The Bertz CT molecular complexity index is 568. The maximum atomic E-state index is 11.9. The molecular weight excluding hydrogens is 254 g/mol. The zero-order valence-corrected chi connectivity index (χ0v) is 12.7. The molecule has 0 spiro atoms. The number of nitrogens with one attached hydrogen (secondary N) is 1. The van der Waals surface area contributed by atoms with Crippen LogP contribution in [-0.4, -0.2) is 17.5 Å². The van der Waals surface area contributed by atoms with Crippen molar-refractivity contribution in [3.63, 3.8) is 0 Å². The Labute approximate surface area is 119 Å². The molecule has 2 rings (SSSR count). The fraction of sp³-hybridized carbons (Fsp3) is 0.500. The largest absolute Gasteiger partial charge is 0.444 e. The normalized spacial score (nSPS) is 16.8. The lowest BCUT2D eigenvalue weighted by molar-refractivity contribution is 0.0635. The van der Waals surface area contributed by atoms with Gasteiger partial charge >= 0.3 is 6.09 Å². The summed E-state index contributed by atoms with van der Waals surface area (Å²) in [6.45, 7) is 9.52. The van der Waals surface area contributed by atoms with Gasteiger partial charge in [0, 0.05) is 17.7 Å². The van der Waals surface area contributed by atoms with E-state index < -0.39 is 11.7 Å². The first kappa shape index (κ1) is 14.6. The van der Waals surface area contributed by atoms with Gasteiger partial charge in [0.25, 0.3) is 0 Å². The molecule has 0 atom stereocenters. The Morgan fingerprint density at radius 3 is 2.55 bits per heavy atom. The number of hydrogen-bond acceptors (Lipinski definition) is 3. The fourth-order valence-corrected chi connectivity index (χ4v) is 2.44. The van der Waals surface area contributed by atoms with E-state index in [4.69, 9.17) is 4.74 Å². The third-order valence-corrected chi connectivity index (χ3v) is 3.30. The van der Waals surface area contributed by atoms with Gasteiger partial charge in [0.05, 0.1) is 0 Å². The first-order chi connectivity index (χ1) is 9.08. The van der Waals surface area contributed by atoms with Gasteiger partial charge in [-0.15, -0.1) is 0 Å². The van der Waals surface area contributed by atoms with Crippen molar-refractivity contribution in [1.82, 2.24) is 0 Å². The van der Waals surface area contributed by atoms with Crippen LogP contribution in [0.2, 0.25) is 0 Å². The van der Waals surface area contributed by atoms with Crippen LogP contribution in [0.4, 0.5) is 10.5 Å². The molecule has 0 fully saturated rings. The molecule has 1 aliphatic carbocycles. The van der Waals surface area contributed by atoms with E-state index in [-0.39, 0.29) is 11.2 Å². The summed E-state index contributed by atoms with van der Waals surface area (Å²) in [5.41, 5.74) is 1.68. The summed E-state index contributed by atoms with van der Waals surface area (Å²) < 4.78 is 5.22. The average Bonchev–Trinajstić information content (AvgIpc) is 2.46. The van der Waals surface area contributed by atoms with E-state index >= 15 is 0 Å². The molecule has 0 aromatic heterocycles. The van der Waals surface area contributed by atoms with Crippen molar-refractivity contribution in [2.24, 2.45) is 0 Å². The molecule has 1 aromatic rings. The number of Topliss-reactive ketones (excluding diaryl/α,β-unsaturated/α-hetero) is 1. The second kappa shape index (κ2) is 4.62. The van der Waals surface area contributed by atoms with Crippen LogP contribution in [0.15, 0.2) is 18.2 Å². The minimum atomic E-state index is -0.532. The molecular formula is C16H21NO3. The molecule has 0 radical (unpaired) electrons. The van der Waals surface area contributed by atoms with Crippen LogP contribution >= 0.6 is 0 Å². The van der Waals surface area contributed by atoms with Gasteiger partial charge < -0.3 is 4.74 Å². The molecule has 1 aromatic carbocycles. The summed E-state index contributed by atoms with van der Waals surface area (Å²) in [7, 11) is 0. The van der Waals surface area contributed by atoms with Crippen LogP contribution in [0, 0.1) is 0 Å². The third kappa shape index (κ3) is 3.00. The van der Waals surface area contributed by atoms with Gasteiger partial charge in [-0.2, -0.15) is 0 Å². The van der Waals surface area contributed by atoms with Crippen molar-refractivity contribution in [2.45, 2.75) is 52.1 Å².